The van der Waals surface area contributed by atoms with Gasteiger partial charge in [0.15, 0.2) is 5.78 Å². The molecule has 0 radical (unpaired) electrons. The van der Waals surface area contributed by atoms with E-state index in [1.54, 1.807) is 31.2 Å². The van der Waals surface area contributed by atoms with E-state index in [-0.39, 0.29) is 30.6 Å². The zero-order chi connectivity index (χ0) is 29.9. The molecule has 12 heteroatoms. The van der Waals surface area contributed by atoms with Crippen LogP contribution in [0.15, 0.2) is 34.8 Å². The summed E-state index contributed by atoms with van der Waals surface area (Å²) in [6.07, 6.45) is 3.33. The van der Waals surface area contributed by atoms with Crippen molar-refractivity contribution in [1.29, 1.82) is 5.26 Å². The molecule has 41 heavy (non-hydrogen) atoms. The summed E-state index contributed by atoms with van der Waals surface area (Å²) >= 11 is 3.49. The topological polar surface area (TPSA) is 143 Å². The number of amides is 2. The fourth-order valence-corrected chi connectivity index (χ4v) is 5.59. The number of carbonyl (C=O) groups excluding carboxylic acids is 3. The van der Waals surface area contributed by atoms with Crippen LogP contribution in [0.1, 0.15) is 41.6 Å². The van der Waals surface area contributed by atoms with Crippen molar-refractivity contribution in [2.24, 2.45) is 0 Å². The average molecular weight is 627 g/mol. The van der Waals surface area contributed by atoms with Gasteiger partial charge in [0.05, 0.1) is 12.6 Å². The maximum Gasteiger partial charge on any atom is 0.223 e. The number of hydrogen-bond acceptors (Lipinski definition) is 8. The number of H-pyrrole nitrogens is 1. The summed E-state index contributed by atoms with van der Waals surface area (Å²) in [5.74, 6) is 1.27. The monoisotopic (exact) mass is 625 g/mol. The van der Waals surface area contributed by atoms with Crippen LogP contribution in [-0.4, -0.2) is 84.7 Å². The molecule has 0 unspecified atom stereocenters. The number of benzene rings is 2. The molecular weight excluding hydrogens is 590 g/mol. The summed E-state index contributed by atoms with van der Waals surface area (Å²) in [5.41, 5.74) is 4.12. The first kappa shape index (κ1) is 31.4. The van der Waals surface area contributed by atoms with Crippen LogP contribution in [0.2, 0.25) is 0 Å². The largest absolute Gasteiger partial charge is 0.497 e. The van der Waals surface area contributed by atoms with Crippen molar-refractivity contribution in [3.8, 4) is 12.3 Å². The van der Waals surface area contributed by atoms with Gasteiger partial charge in [0.25, 0.3) is 0 Å². The van der Waals surface area contributed by atoms with E-state index in [0.29, 0.717) is 50.4 Å². The first-order valence-electron chi connectivity index (χ1n) is 13.4. The molecule has 1 fully saturated rings. The Bertz CT molecular complexity index is 1380. The molecule has 11 nitrogen and oxygen atoms in total. The number of piperidine rings is 1. The van der Waals surface area contributed by atoms with E-state index >= 15 is 0 Å². The van der Waals surface area contributed by atoms with E-state index in [1.807, 2.05) is 30.1 Å². The smallest absolute Gasteiger partial charge is 0.223 e. The van der Waals surface area contributed by atoms with Gasteiger partial charge in [0.1, 0.15) is 11.3 Å². The van der Waals surface area contributed by atoms with Gasteiger partial charge in [-0.2, -0.15) is 0 Å². The zero-order valence-corrected chi connectivity index (χ0v) is 25.2. The highest BCUT2D eigenvalue weighted by atomic mass is 79.9. The molecular formula is C29H36BrN7O4. The number of ketones is 1. The number of nitrogens with zero attached hydrogens (tertiary/aromatic N) is 4. The van der Waals surface area contributed by atoms with Crippen LogP contribution in [0.25, 0.3) is 11.0 Å². The normalized spacial score (nSPS) is 13.2. The van der Waals surface area contributed by atoms with E-state index in [0.717, 1.165) is 38.9 Å². The summed E-state index contributed by atoms with van der Waals surface area (Å²) in [6, 6.07) is 9.47. The standard InChI is InChI=1S/C28H35BrN6O4.CHN/c1-30-23-5-4-21(39-3)14-18(23)8-11-35(17-36)20-9-12-34(13-10-20)26(38)7-6-25(37)19-15-22(29)27-24(16-19)32-28(31-2)33-27;1-2/h4-5,14-17,20,30H,6-13H2,1-3H3,(H2,31,32,33);1H. The summed E-state index contributed by atoms with van der Waals surface area (Å²) in [4.78, 5) is 48.8. The Kier molecular flexibility index (Phi) is 11.5. The third kappa shape index (κ3) is 7.76. The molecule has 2 amide bonds. The van der Waals surface area contributed by atoms with Crippen molar-refractivity contribution in [3.63, 3.8) is 0 Å². The van der Waals surface area contributed by atoms with Crippen LogP contribution in [0.3, 0.4) is 0 Å². The van der Waals surface area contributed by atoms with Gasteiger partial charge in [-0.15, -0.1) is 0 Å². The summed E-state index contributed by atoms with van der Waals surface area (Å²) in [6.45, 7) is 5.23. The van der Waals surface area contributed by atoms with Gasteiger partial charge in [-0.1, -0.05) is 0 Å². The molecule has 2 heterocycles. The van der Waals surface area contributed by atoms with Crippen molar-refractivity contribution in [1.82, 2.24) is 19.8 Å². The quantitative estimate of drug-likeness (QED) is 0.201. The molecule has 218 valence electrons. The van der Waals surface area contributed by atoms with Gasteiger partial charge in [-0.3, -0.25) is 14.4 Å². The molecule has 4 rings (SSSR count). The van der Waals surface area contributed by atoms with E-state index in [2.05, 4.69) is 43.1 Å². The molecule has 1 aliphatic rings. The van der Waals surface area contributed by atoms with Crippen LogP contribution < -0.4 is 15.4 Å². The number of nitriles is 1. The summed E-state index contributed by atoms with van der Waals surface area (Å²) in [5, 5.41) is 12.6. The van der Waals surface area contributed by atoms with Gasteiger partial charge >= 0.3 is 0 Å². The second-order valence-corrected chi connectivity index (χ2v) is 10.4. The number of Topliss-reactive ketones (excluding diaryl/α,β-unsaturated/α-hetero) is 1. The van der Waals surface area contributed by atoms with Gasteiger partial charge < -0.3 is 30.2 Å². The van der Waals surface area contributed by atoms with E-state index < -0.39 is 0 Å². The Morgan fingerprint density at radius 1 is 1.20 bits per heavy atom. The van der Waals surface area contributed by atoms with Crippen LogP contribution in [-0.2, 0) is 16.0 Å². The Morgan fingerprint density at radius 3 is 2.56 bits per heavy atom. The highest BCUT2D eigenvalue weighted by molar-refractivity contribution is 9.10. The Labute approximate surface area is 248 Å². The number of methoxy groups -OCH3 is 1. The van der Waals surface area contributed by atoms with Gasteiger partial charge in [-0.05, 0) is 71.1 Å². The Morgan fingerprint density at radius 2 is 1.93 bits per heavy atom. The first-order chi connectivity index (χ1) is 19.9. The van der Waals surface area contributed by atoms with E-state index in [9.17, 15) is 14.4 Å². The zero-order valence-electron chi connectivity index (χ0n) is 23.6. The van der Waals surface area contributed by atoms with E-state index in [4.69, 9.17) is 10.00 Å². The molecule has 2 aromatic carbocycles. The van der Waals surface area contributed by atoms with Crippen LogP contribution in [0.4, 0.5) is 11.6 Å². The van der Waals surface area contributed by atoms with Crippen molar-refractivity contribution in [2.45, 2.75) is 38.1 Å². The number of likely N-dealkylation sites (tertiary alicyclic amines) is 1. The number of carbonyl (C=O) groups is 3. The molecule has 0 saturated carbocycles. The fraction of sp³-hybridized carbons (Fsp3) is 0.414. The van der Waals surface area contributed by atoms with Gasteiger partial charge in [0.2, 0.25) is 18.3 Å². The highest BCUT2D eigenvalue weighted by Crippen LogP contribution is 2.27. The van der Waals surface area contributed by atoms with Gasteiger partial charge in [-0.25, -0.2) is 10.2 Å². The minimum Gasteiger partial charge on any atom is -0.497 e. The van der Waals surface area contributed by atoms with Crippen LogP contribution in [0, 0.1) is 11.8 Å². The number of rotatable bonds is 12. The predicted molar refractivity (Wildman–Crippen MR) is 162 cm³/mol. The van der Waals surface area contributed by atoms with Crippen LogP contribution >= 0.6 is 15.9 Å². The third-order valence-corrected chi connectivity index (χ3v) is 7.91. The van der Waals surface area contributed by atoms with E-state index in [1.165, 1.54) is 0 Å². The number of nitrogens with one attached hydrogen (secondary N) is 3. The molecule has 3 N–H and O–H groups in total. The van der Waals surface area contributed by atoms with Gasteiger partial charge in [0, 0.05) is 74.9 Å². The number of aromatic nitrogens is 2. The summed E-state index contributed by atoms with van der Waals surface area (Å²) in [7, 11) is 5.28. The molecule has 0 aliphatic carbocycles. The Hall–Kier alpha value is -4.11. The molecule has 1 aliphatic heterocycles. The number of aromatic amines is 1. The number of imidazole rings is 1. The molecule has 0 bridgehead atoms. The second-order valence-electron chi connectivity index (χ2n) is 9.59. The lowest BCUT2D eigenvalue weighted by Crippen LogP contribution is -2.47. The fourth-order valence-electron chi connectivity index (χ4n) is 5.04. The molecule has 1 saturated heterocycles. The minimum absolute atomic E-state index is 0.0337. The third-order valence-electron chi connectivity index (χ3n) is 7.31. The number of hydrogen-bond donors (Lipinski definition) is 3. The number of halogens is 1. The van der Waals surface area contributed by atoms with Crippen molar-refractivity contribution < 1.29 is 19.1 Å². The van der Waals surface area contributed by atoms with Crippen molar-refractivity contribution in [2.75, 3.05) is 51.5 Å². The number of fused-ring (bicyclic) bond motifs is 1. The predicted octanol–water partition coefficient (Wildman–Crippen LogP) is 4.21. The molecule has 0 atom stereocenters. The highest BCUT2D eigenvalue weighted by Gasteiger charge is 2.27. The molecule has 0 spiro atoms. The maximum absolute atomic E-state index is 12.9. The molecule has 3 aromatic rings. The lowest BCUT2D eigenvalue weighted by Gasteiger charge is -2.37. The maximum atomic E-state index is 12.9. The number of ether oxygens (including phenoxy) is 1. The van der Waals surface area contributed by atoms with Crippen LogP contribution in [0.5, 0.6) is 5.75 Å². The lowest BCUT2D eigenvalue weighted by atomic mass is 10.0. The SMILES string of the molecule is C#N.CNc1nc2c(Br)cc(C(=O)CCC(=O)N3CCC(N(C=O)CCc4cc(OC)ccc4NC)CC3)cc2[nH]1. The Balaban J connectivity index is 0.00000226. The molecule has 1 aromatic heterocycles. The lowest BCUT2D eigenvalue weighted by molar-refractivity contribution is -0.133. The summed E-state index contributed by atoms with van der Waals surface area (Å²) < 4.78 is 6.07. The van der Waals surface area contributed by atoms with Crippen molar-refractivity contribution >= 4 is 56.7 Å². The second kappa shape index (κ2) is 15.0. The average Bonchev–Trinajstić information content (AvgIpc) is 3.45. The first-order valence-corrected chi connectivity index (χ1v) is 14.2. The number of anilines is 2. The van der Waals surface area contributed by atoms with Crippen molar-refractivity contribution in [3.05, 3.63) is 45.9 Å². The minimum atomic E-state index is -0.0907.